The van der Waals surface area contributed by atoms with Gasteiger partial charge in [-0.25, -0.2) is 19.7 Å². The van der Waals surface area contributed by atoms with Gasteiger partial charge in [-0.2, -0.15) is 0 Å². The Morgan fingerprint density at radius 1 is 1.47 bits per heavy atom. The summed E-state index contributed by atoms with van der Waals surface area (Å²) in [5.41, 5.74) is -0.0583. The molecule has 0 fully saturated rings. The summed E-state index contributed by atoms with van der Waals surface area (Å²) in [7, 11) is 0. The lowest BCUT2D eigenvalue weighted by Gasteiger charge is -2.13. The molecule has 0 aliphatic heterocycles. The van der Waals surface area contributed by atoms with Crippen molar-refractivity contribution in [1.82, 2.24) is 19.5 Å². The molecule has 0 amide bonds. The molecule has 7 nitrogen and oxygen atoms in total. The Balaban J connectivity index is 1.83. The highest BCUT2D eigenvalue weighted by Crippen LogP contribution is 2.05. The molecule has 0 aliphatic carbocycles. The van der Waals surface area contributed by atoms with Crippen molar-refractivity contribution in [3.63, 3.8) is 0 Å². The van der Waals surface area contributed by atoms with Gasteiger partial charge < -0.3 is 15.0 Å². The first kappa shape index (κ1) is 13.0. The van der Waals surface area contributed by atoms with Crippen molar-refractivity contribution in [1.29, 1.82) is 0 Å². The van der Waals surface area contributed by atoms with Crippen LogP contribution in [0.1, 0.15) is 17.4 Å². The van der Waals surface area contributed by atoms with Gasteiger partial charge in [-0.15, -0.1) is 0 Å². The van der Waals surface area contributed by atoms with Gasteiger partial charge in [0, 0.05) is 25.5 Å². The standard InChI is InChI=1S/C12H15N5O2/c1-9(7-17-3-2-13-8-17)4-15-11-6-14-10(5-16-11)12(18)19/h2-3,5-6,8-9H,4,7H2,1H3,(H,15,16)(H,18,19). The van der Waals surface area contributed by atoms with Crippen molar-refractivity contribution in [3.8, 4) is 0 Å². The van der Waals surface area contributed by atoms with Crippen molar-refractivity contribution in [3.05, 3.63) is 36.8 Å². The molecule has 1 atom stereocenters. The largest absolute Gasteiger partial charge is 0.476 e. The number of carbonyl (C=O) groups is 1. The molecule has 2 aromatic rings. The van der Waals surface area contributed by atoms with Crippen LogP contribution in [0.5, 0.6) is 0 Å². The van der Waals surface area contributed by atoms with E-state index in [1.54, 1.807) is 12.5 Å². The minimum atomic E-state index is -1.08. The second-order valence-corrected chi connectivity index (χ2v) is 4.34. The Labute approximate surface area is 110 Å². The predicted molar refractivity (Wildman–Crippen MR) is 68.9 cm³/mol. The molecule has 7 heteroatoms. The Hall–Kier alpha value is -2.44. The van der Waals surface area contributed by atoms with Crippen molar-refractivity contribution < 1.29 is 9.90 Å². The molecule has 2 heterocycles. The van der Waals surface area contributed by atoms with Crippen molar-refractivity contribution >= 4 is 11.8 Å². The average Bonchev–Trinajstić information content (AvgIpc) is 2.89. The van der Waals surface area contributed by atoms with Crippen LogP contribution >= 0.6 is 0 Å². The van der Waals surface area contributed by atoms with Crippen LogP contribution in [-0.4, -0.2) is 37.1 Å². The van der Waals surface area contributed by atoms with Crippen LogP contribution in [0.2, 0.25) is 0 Å². The third kappa shape index (κ3) is 3.77. The number of rotatable bonds is 6. The average molecular weight is 261 g/mol. The molecule has 2 aromatic heterocycles. The highest BCUT2D eigenvalue weighted by molar-refractivity contribution is 5.84. The van der Waals surface area contributed by atoms with Crippen LogP contribution in [0.25, 0.3) is 0 Å². The maximum Gasteiger partial charge on any atom is 0.356 e. The van der Waals surface area contributed by atoms with Gasteiger partial charge >= 0.3 is 5.97 Å². The Bertz CT molecular complexity index is 524. The maximum atomic E-state index is 10.6. The van der Waals surface area contributed by atoms with Gasteiger partial charge in [0.05, 0.1) is 18.7 Å². The third-order valence-electron chi connectivity index (χ3n) is 2.58. The second kappa shape index (κ2) is 5.94. The zero-order valence-corrected chi connectivity index (χ0v) is 10.5. The van der Waals surface area contributed by atoms with Crippen molar-refractivity contribution in [2.24, 2.45) is 5.92 Å². The molecule has 0 bridgehead atoms. The summed E-state index contributed by atoms with van der Waals surface area (Å²) in [5.74, 6) is -0.120. The summed E-state index contributed by atoms with van der Waals surface area (Å²) in [6, 6.07) is 0. The van der Waals surface area contributed by atoms with Gasteiger partial charge in [0.2, 0.25) is 0 Å². The molecule has 100 valence electrons. The van der Waals surface area contributed by atoms with Crippen LogP contribution in [0.4, 0.5) is 5.82 Å². The molecule has 0 spiro atoms. The number of anilines is 1. The fraction of sp³-hybridized carbons (Fsp3) is 0.333. The number of carboxylic acid groups (broad SMARTS) is 1. The van der Waals surface area contributed by atoms with Gasteiger partial charge in [-0.05, 0) is 5.92 Å². The van der Waals surface area contributed by atoms with Gasteiger partial charge in [0.1, 0.15) is 5.82 Å². The van der Waals surface area contributed by atoms with E-state index in [4.69, 9.17) is 5.11 Å². The first-order valence-corrected chi connectivity index (χ1v) is 5.90. The molecule has 1 unspecified atom stereocenters. The Morgan fingerprint density at radius 3 is 2.89 bits per heavy atom. The fourth-order valence-electron chi connectivity index (χ4n) is 1.63. The van der Waals surface area contributed by atoms with E-state index >= 15 is 0 Å². The number of hydrogen-bond donors (Lipinski definition) is 2. The van der Waals surface area contributed by atoms with E-state index in [0.717, 1.165) is 13.1 Å². The zero-order chi connectivity index (χ0) is 13.7. The smallest absolute Gasteiger partial charge is 0.356 e. The quantitative estimate of drug-likeness (QED) is 0.809. The highest BCUT2D eigenvalue weighted by atomic mass is 16.4. The minimum Gasteiger partial charge on any atom is -0.476 e. The molecular formula is C12H15N5O2. The summed E-state index contributed by atoms with van der Waals surface area (Å²) >= 11 is 0. The fourth-order valence-corrected chi connectivity index (χ4v) is 1.63. The van der Waals surface area contributed by atoms with E-state index < -0.39 is 5.97 Å². The molecule has 0 aromatic carbocycles. The van der Waals surface area contributed by atoms with E-state index in [2.05, 4.69) is 27.2 Å². The summed E-state index contributed by atoms with van der Waals surface area (Å²) in [5, 5.41) is 11.8. The lowest BCUT2D eigenvalue weighted by molar-refractivity contribution is 0.0690. The third-order valence-corrected chi connectivity index (χ3v) is 2.58. The first-order chi connectivity index (χ1) is 9.15. The monoisotopic (exact) mass is 261 g/mol. The molecule has 0 radical (unpaired) electrons. The molecule has 2 rings (SSSR count). The summed E-state index contributed by atoms with van der Waals surface area (Å²) in [6.45, 7) is 3.68. The highest BCUT2D eigenvalue weighted by Gasteiger charge is 2.06. The Morgan fingerprint density at radius 2 is 2.32 bits per heavy atom. The van der Waals surface area contributed by atoms with E-state index in [-0.39, 0.29) is 5.69 Å². The molecule has 2 N–H and O–H groups in total. The van der Waals surface area contributed by atoms with Gasteiger partial charge in [-0.3, -0.25) is 0 Å². The number of aromatic carboxylic acids is 1. The first-order valence-electron chi connectivity index (χ1n) is 5.90. The summed E-state index contributed by atoms with van der Waals surface area (Å²) in [6.07, 6.45) is 8.10. The normalized spacial score (nSPS) is 12.1. The minimum absolute atomic E-state index is 0.0583. The zero-order valence-electron chi connectivity index (χ0n) is 10.5. The number of carboxylic acids is 1. The Kier molecular flexibility index (Phi) is 4.07. The number of nitrogens with zero attached hydrogens (tertiary/aromatic N) is 4. The van der Waals surface area contributed by atoms with Crippen LogP contribution in [0.15, 0.2) is 31.1 Å². The lowest BCUT2D eigenvalue weighted by Crippen LogP contribution is -2.17. The van der Waals surface area contributed by atoms with Crippen LogP contribution in [0, 0.1) is 5.92 Å². The summed E-state index contributed by atoms with van der Waals surface area (Å²) in [4.78, 5) is 22.4. The predicted octanol–water partition coefficient (Wildman–Crippen LogP) is 1.12. The van der Waals surface area contributed by atoms with E-state index in [9.17, 15) is 4.79 Å². The number of nitrogens with one attached hydrogen (secondary N) is 1. The number of aromatic nitrogens is 4. The molecule has 0 aliphatic rings. The van der Waals surface area contributed by atoms with Gasteiger partial charge in [0.25, 0.3) is 0 Å². The van der Waals surface area contributed by atoms with E-state index in [1.165, 1.54) is 12.4 Å². The van der Waals surface area contributed by atoms with Crippen molar-refractivity contribution in [2.45, 2.75) is 13.5 Å². The summed E-state index contributed by atoms with van der Waals surface area (Å²) < 4.78 is 2.01. The number of hydrogen-bond acceptors (Lipinski definition) is 5. The SMILES string of the molecule is CC(CNc1cnc(C(=O)O)cn1)Cn1ccnc1. The number of imidazole rings is 1. The molecule has 19 heavy (non-hydrogen) atoms. The van der Waals surface area contributed by atoms with Crippen molar-refractivity contribution in [2.75, 3.05) is 11.9 Å². The van der Waals surface area contributed by atoms with Crippen LogP contribution in [-0.2, 0) is 6.54 Å². The molecular weight excluding hydrogens is 246 g/mol. The molecule has 0 saturated heterocycles. The van der Waals surface area contributed by atoms with Gasteiger partial charge in [-0.1, -0.05) is 6.92 Å². The second-order valence-electron chi connectivity index (χ2n) is 4.34. The van der Waals surface area contributed by atoms with Crippen LogP contribution < -0.4 is 5.32 Å². The van der Waals surface area contributed by atoms with E-state index in [1.807, 2.05) is 10.8 Å². The molecule has 0 saturated carbocycles. The maximum absolute atomic E-state index is 10.6. The topological polar surface area (TPSA) is 92.9 Å². The van der Waals surface area contributed by atoms with Crippen LogP contribution in [0.3, 0.4) is 0 Å². The lowest BCUT2D eigenvalue weighted by atomic mass is 10.2. The van der Waals surface area contributed by atoms with E-state index in [0.29, 0.717) is 11.7 Å². The van der Waals surface area contributed by atoms with Gasteiger partial charge in [0.15, 0.2) is 5.69 Å².